The molecule has 0 unspecified atom stereocenters. The fraction of sp³-hybridized carbons (Fsp3) is 0.400. The number of ether oxygens (including phenoxy) is 2. The van der Waals surface area contributed by atoms with Crippen molar-refractivity contribution in [1.82, 2.24) is 4.31 Å². The van der Waals surface area contributed by atoms with E-state index in [2.05, 4.69) is 0 Å². The number of hydrogen-bond donors (Lipinski definition) is 0. The van der Waals surface area contributed by atoms with Crippen molar-refractivity contribution in [3.63, 3.8) is 0 Å². The fourth-order valence-corrected chi connectivity index (χ4v) is 4.00. The second-order valence-electron chi connectivity index (χ2n) is 5.94. The van der Waals surface area contributed by atoms with E-state index < -0.39 is 16.3 Å². The molecule has 0 amide bonds. The second kappa shape index (κ2) is 9.83. The van der Waals surface area contributed by atoms with Crippen LogP contribution in [0.3, 0.4) is 0 Å². The first-order chi connectivity index (χ1) is 12.5. The Bertz CT molecular complexity index is 754. The molecule has 0 bridgehead atoms. The van der Waals surface area contributed by atoms with Crippen LogP contribution in [-0.2, 0) is 26.0 Å². The quantitative estimate of drug-likeness (QED) is 0.594. The van der Waals surface area contributed by atoms with Gasteiger partial charge in [0.2, 0.25) is 10.0 Å². The normalized spacial score (nSPS) is 12.0. The average molecular weight is 378 g/mol. The number of nitrogens with zero attached hydrogens (tertiary/aromatic N) is 1. The molecule has 0 fully saturated rings. The summed E-state index contributed by atoms with van der Waals surface area (Å²) < 4.78 is 39.0. The van der Waals surface area contributed by atoms with Gasteiger partial charge in [0.15, 0.2) is 6.29 Å². The van der Waals surface area contributed by atoms with Crippen LogP contribution in [0.15, 0.2) is 59.5 Å². The molecule has 0 radical (unpaired) electrons. The highest BCUT2D eigenvalue weighted by Crippen LogP contribution is 2.20. The van der Waals surface area contributed by atoms with Crippen molar-refractivity contribution in [3.05, 3.63) is 65.7 Å². The third kappa shape index (κ3) is 5.64. The molecular weight excluding hydrogens is 350 g/mol. The standard InChI is InChI=1S/C20H27NO4S/c1-4-24-20(25-5-2)16-21(15-18-9-7-6-8-10-18)26(22,23)19-13-11-17(3)12-14-19/h6-14,20H,4-5,15-16H2,1-3H3. The van der Waals surface area contributed by atoms with E-state index in [-0.39, 0.29) is 18.0 Å². The second-order valence-corrected chi connectivity index (χ2v) is 7.87. The minimum Gasteiger partial charge on any atom is -0.352 e. The van der Waals surface area contributed by atoms with E-state index in [4.69, 9.17) is 9.47 Å². The van der Waals surface area contributed by atoms with Crippen molar-refractivity contribution < 1.29 is 17.9 Å². The summed E-state index contributed by atoms with van der Waals surface area (Å²) in [6, 6.07) is 16.4. The highest BCUT2D eigenvalue weighted by atomic mass is 32.2. The van der Waals surface area contributed by atoms with Gasteiger partial charge >= 0.3 is 0 Å². The molecule has 0 aromatic heterocycles. The van der Waals surface area contributed by atoms with Crippen molar-refractivity contribution in [2.24, 2.45) is 0 Å². The lowest BCUT2D eigenvalue weighted by Crippen LogP contribution is -2.39. The van der Waals surface area contributed by atoms with Crippen LogP contribution in [0.2, 0.25) is 0 Å². The maximum absolute atomic E-state index is 13.2. The van der Waals surface area contributed by atoms with Crippen molar-refractivity contribution in [1.29, 1.82) is 0 Å². The first-order valence-corrected chi connectivity index (χ1v) is 10.2. The maximum atomic E-state index is 13.2. The van der Waals surface area contributed by atoms with E-state index in [0.29, 0.717) is 13.2 Å². The predicted molar refractivity (Wildman–Crippen MR) is 102 cm³/mol. The van der Waals surface area contributed by atoms with Gasteiger partial charge in [-0.25, -0.2) is 8.42 Å². The molecule has 2 rings (SSSR count). The van der Waals surface area contributed by atoms with E-state index in [1.54, 1.807) is 24.3 Å². The van der Waals surface area contributed by atoms with Crippen LogP contribution in [0.5, 0.6) is 0 Å². The Labute approximate surface area is 156 Å². The van der Waals surface area contributed by atoms with Crippen LogP contribution in [0.4, 0.5) is 0 Å². The number of rotatable bonds is 10. The van der Waals surface area contributed by atoms with Crippen LogP contribution in [0.25, 0.3) is 0 Å². The predicted octanol–water partition coefficient (Wildman–Crippen LogP) is 3.59. The lowest BCUT2D eigenvalue weighted by Gasteiger charge is -2.27. The molecule has 0 heterocycles. The van der Waals surface area contributed by atoms with E-state index in [1.165, 1.54) is 4.31 Å². The molecule has 2 aromatic rings. The first kappa shape index (κ1) is 20.6. The van der Waals surface area contributed by atoms with Gasteiger partial charge in [-0.3, -0.25) is 0 Å². The number of aryl methyl sites for hydroxylation is 1. The van der Waals surface area contributed by atoms with Crippen LogP contribution < -0.4 is 0 Å². The molecule has 6 heteroatoms. The summed E-state index contributed by atoms with van der Waals surface area (Å²) in [5.41, 5.74) is 1.93. The van der Waals surface area contributed by atoms with Crippen molar-refractivity contribution in [3.8, 4) is 0 Å². The summed E-state index contributed by atoms with van der Waals surface area (Å²) in [5.74, 6) is 0. The molecule has 2 aromatic carbocycles. The van der Waals surface area contributed by atoms with Gasteiger partial charge < -0.3 is 9.47 Å². The van der Waals surface area contributed by atoms with Crippen LogP contribution in [-0.4, -0.2) is 38.8 Å². The van der Waals surface area contributed by atoms with Gasteiger partial charge in [0.1, 0.15) is 0 Å². The molecule has 0 saturated carbocycles. The van der Waals surface area contributed by atoms with E-state index >= 15 is 0 Å². The van der Waals surface area contributed by atoms with Crippen LogP contribution >= 0.6 is 0 Å². The Morgan fingerprint density at radius 1 is 0.923 bits per heavy atom. The average Bonchev–Trinajstić information content (AvgIpc) is 2.63. The zero-order valence-corrected chi connectivity index (χ0v) is 16.4. The van der Waals surface area contributed by atoms with Crippen molar-refractivity contribution in [2.75, 3.05) is 19.8 Å². The summed E-state index contributed by atoms with van der Waals surface area (Å²) in [4.78, 5) is 0.269. The zero-order valence-electron chi connectivity index (χ0n) is 15.6. The molecule has 0 aliphatic heterocycles. The Morgan fingerprint density at radius 2 is 1.50 bits per heavy atom. The topological polar surface area (TPSA) is 55.8 Å². The Kier molecular flexibility index (Phi) is 7.78. The summed E-state index contributed by atoms with van der Waals surface area (Å²) >= 11 is 0. The van der Waals surface area contributed by atoms with Gasteiger partial charge in [0, 0.05) is 19.8 Å². The third-order valence-electron chi connectivity index (χ3n) is 3.92. The summed E-state index contributed by atoms with van der Waals surface area (Å²) in [7, 11) is -3.67. The minimum atomic E-state index is -3.67. The van der Waals surface area contributed by atoms with E-state index in [0.717, 1.165) is 11.1 Å². The van der Waals surface area contributed by atoms with E-state index in [1.807, 2.05) is 51.1 Å². The molecule has 0 atom stereocenters. The van der Waals surface area contributed by atoms with Crippen molar-refractivity contribution in [2.45, 2.75) is 38.5 Å². The van der Waals surface area contributed by atoms with Crippen LogP contribution in [0.1, 0.15) is 25.0 Å². The molecule has 0 N–H and O–H groups in total. The van der Waals surface area contributed by atoms with Gasteiger partial charge in [0.05, 0.1) is 11.4 Å². The summed E-state index contributed by atoms with van der Waals surface area (Å²) in [6.45, 7) is 6.95. The highest BCUT2D eigenvalue weighted by Gasteiger charge is 2.28. The number of sulfonamides is 1. The molecule has 142 valence electrons. The summed E-state index contributed by atoms with van der Waals surface area (Å²) in [5, 5.41) is 0. The maximum Gasteiger partial charge on any atom is 0.243 e. The third-order valence-corrected chi connectivity index (χ3v) is 5.74. The fourth-order valence-electron chi connectivity index (χ4n) is 2.59. The van der Waals surface area contributed by atoms with Gasteiger partial charge in [0.25, 0.3) is 0 Å². The highest BCUT2D eigenvalue weighted by molar-refractivity contribution is 7.89. The van der Waals surface area contributed by atoms with Crippen molar-refractivity contribution >= 4 is 10.0 Å². The van der Waals surface area contributed by atoms with Gasteiger partial charge in [-0.15, -0.1) is 0 Å². The molecule has 5 nitrogen and oxygen atoms in total. The Balaban J connectivity index is 2.33. The number of hydrogen-bond acceptors (Lipinski definition) is 4. The molecule has 0 spiro atoms. The zero-order chi connectivity index (χ0) is 19.0. The lowest BCUT2D eigenvalue weighted by atomic mass is 10.2. The lowest BCUT2D eigenvalue weighted by molar-refractivity contribution is -0.140. The van der Waals surface area contributed by atoms with Gasteiger partial charge in [-0.2, -0.15) is 4.31 Å². The SMILES string of the molecule is CCOC(CN(Cc1ccccc1)S(=O)(=O)c1ccc(C)cc1)OCC. The molecule has 0 aliphatic rings. The number of benzene rings is 2. The van der Waals surface area contributed by atoms with E-state index in [9.17, 15) is 8.42 Å². The molecule has 0 saturated heterocycles. The Morgan fingerprint density at radius 3 is 2.04 bits per heavy atom. The largest absolute Gasteiger partial charge is 0.352 e. The summed E-state index contributed by atoms with van der Waals surface area (Å²) in [6.07, 6.45) is -0.603. The van der Waals surface area contributed by atoms with Gasteiger partial charge in [-0.05, 0) is 38.5 Å². The van der Waals surface area contributed by atoms with Gasteiger partial charge in [-0.1, -0.05) is 48.0 Å². The first-order valence-electron chi connectivity index (χ1n) is 8.81. The molecular formula is C20H27NO4S. The minimum absolute atomic E-state index is 0.132. The smallest absolute Gasteiger partial charge is 0.243 e. The molecule has 0 aliphatic carbocycles. The monoisotopic (exact) mass is 377 g/mol. The molecule has 26 heavy (non-hydrogen) atoms. The van der Waals surface area contributed by atoms with Crippen LogP contribution in [0, 0.1) is 6.92 Å². The Hall–Kier alpha value is -1.73.